The van der Waals surface area contributed by atoms with Crippen LogP contribution in [0.3, 0.4) is 0 Å². The summed E-state index contributed by atoms with van der Waals surface area (Å²) >= 11 is 3.35. The number of hydrogen-bond acceptors (Lipinski definition) is 5. The van der Waals surface area contributed by atoms with Crippen LogP contribution < -0.4 is 4.74 Å². The smallest absolute Gasteiger partial charge is 0.151 e. The first kappa shape index (κ1) is 13.0. The molecular formula is C14H15NO2S2. The third kappa shape index (κ3) is 2.78. The van der Waals surface area contributed by atoms with Crippen LogP contribution in [0.25, 0.3) is 10.2 Å². The zero-order valence-corrected chi connectivity index (χ0v) is 12.2. The van der Waals surface area contributed by atoms with E-state index < -0.39 is 0 Å². The van der Waals surface area contributed by atoms with Gasteiger partial charge in [-0.1, -0.05) is 23.9 Å². The highest BCUT2D eigenvalue weighted by molar-refractivity contribution is 8.01. The van der Waals surface area contributed by atoms with Gasteiger partial charge in [-0.05, 0) is 25.0 Å². The van der Waals surface area contributed by atoms with Crippen molar-refractivity contribution in [2.24, 2.45) is 0 Å². The maximum Gasteiger partial charge on any atom is 0.151 e. The molecule has 2 atom stereocenters. The zero-order chi connectivity index (χ0) is 13.2. The number of aromatic nitrogens is 1. The van der Waals surface area contributed by atoms with Gasteiger partial charge in [0.15, 0.2) is 4.34 Å². The van der Waals surface area contributed by atoms with Crippen LogP contribution in [0.1, 0.15) is 12.8 Å². The van der Waals surface area contributed by atoms with Crippen LogP contribution in [0.15, 0.2) is 34.7 Å². The Kier molecular flexibility index (Phi) is 3.77. The highest BCUT2D eigenvalue weighted by atomic mass is 32.2. The van der Waals surface area contributed by atoms with E-state index in [-0.39, 0.29) is 11.4 Å². The summed E-state index contributed by atoms with van der Waals surface area (Å²) in [5, 5.41) is 10.2. The summed E-state index contributed by atoms with van der Waals surface area (Å²) in [6, 6.07) is 5.94. The molecule has 1 N–H and O–H groups in total. The normalized spacial score (nSPS) is 22.8. The van der Waals surface area contributed by atoms with Crippen molar-refractivity contribution in [2.45, 2.75) is 28.5 Å². The van der Waals surface area contributed by atoms with Gasteiger partial charge in [-0.25, -0.2) is 4.98 Å². The predicted octanol–water partition coefficient (Wildman–Crippen LogP) is 3.48. The van der Waals surface area contributed by atoms with Crippen LogP contribution >= 0.6 is 23.1 Å². The van der Waals surface area contributed by atoms with E-state index in [0.717, 1.165) is 33.1 Å². The van der Waals surface area contributed by atoms with Crippen LogP contribution in [0.2, 0.25) is 0 Å². The molecule has 19 heavy (non-hydrogen) atoms. The summed E-state index contributed by atoms with van der Waals surface area (Å²) in [5.74, 6) is 0.829. The van der Waals surface area contributed by atoms with E-state index in [0.29, 0.717) is 0 Å². The van der Waals surface area contributed by atoms with Gasteiger partial charge >= 0.3 is 0 Å². The summed E-state index contributed by atoms with van der Waals surface area (Å²) in [5.41, 5.74) is 0.965. The number of hydrogen-bond donors (Lipinski definition) is 1. The number of aliphatic hydroxyl groups is 1. The third-order valence-corrected chi connectivity index (χ3v) is 5.64. The Balaban J connectivity index is 1.83. The average molecular weight is 293 g/mol. The van der Waals surface area contributed by atoms with Crippen molar-refractivity contribution < 1.29 is 9.84 Å². The minimum Gasteiger partial charge on any atom is -0.497 e. The first-order valence-electron chi connectivity index (χ1n) is 6.20. The highest BCUT2D eigenvalue weighted by Crippen LogP contribution is 2.37. The van der Waals surface area contributed by atoms with Crippen LogP contribution in [-0.4, -0.2) is 28.6 Å². The number of methoxy groups -OCH3 is 1. The number of allylic oxidation sites excluding steroid dienone is 1. The van der Waals surface area contributed by atoms with Gasteiger partial charge in [-0.3, -0.25) is 0 Å². The number of aliphatic hydroxyl groups excluding tert-OH is 1. The second-order valence-electron chi connectivity index (χ2n) is 4.48. The van der Waals surface area contributed by atoms with Crippen LogP contribution in [0.4, 0.5) is 0 Å². The van der Waals surface area contributed by atoms with Crippen molar-refractivity contribution >= 4 is 33.3 Å². The van der Waals surface area contributed by atoms with Crippen LogP contribution in [0.5, 0.6) is 5.75 Å². The lowest BCUT2D eigenvalue weighted by molar-refractivity contribution is 0.170. The van der Waals surface area contributed by atoms with E-state index in [1.165, 1.54) is 0 Å². The first-order chi connectivity index (χ1) is 9.26. The maximum atomic E-state index is 9.97. The molecule has 0 aliphatic heterocycles. The number of thiazole rings is 1. The number of thioether (sulfide) groups is 1. The van der Waals surface area contributed by atoms with Crippen molar-refractivity contribution in [3.05, 3.63) is 30.4 Å². The summed E-state index contributed by atoms with van der Waals surface area (Å²) in [4.78, 5) is 4.62. The quantitative estimate of drug-likeness (QED) is 0.880. The maximum absolute atomic E-state index is 9.97. The van der Waals surface area contributed by atoms with Gasteiger partial charge in [0.2, 0.25) is 0 Å². The summed E-state index contributed by atoms with van der Waals surface area (Å²) in [6.45, 7) is 0. The summed E-state index contributed by atoms with van der Waals surface area (Å²) in [7, 11) is 1.66. The molecule has 3 rings (SSSR count). The van der Waals surface area contributed by atoms with Gasteiger partial charge < -0.3 is 9.84 Å². The lowest BCUT2D eigenvalue weighted by Crippen LogP contribution is -2.24. The Labute approximate surface area is 120 Å². The SMILES string of the molecule is COc1ccc2sc(S[C@@H]3CC=CC[C@H]3O)nc2c1. The monoisotopic (exact) mass is 293 g/mol. The molecular weight excluding hydrogens is 278 g/mol. The van der Waals surface area contributed by atoms with Crippen molar-refractivity contribution in [3.63, 3.8) is 0 Å². The number of ether oxygens (including phenoxy) is 1. The minimum absolute atomic E-state index is 0.215. The van der Waals surface area contributed by atoms with Crippen molar-refractivity contribution in [1.82, 2.24) is 4.98 Å². The van der Waals surface area contributed by atoms with E-state index in [4.69, 9.17) is 4.74 Å². The van der Waals surface area contributed by atoms with Crippen LogP contribution in [-0.2, 0) is 0 Å². The number of fused-ring (bicyclic) bond motifs is 1. The van der Waals surface area contributed by atoms with Crippen molar-refractivity contribution in [1.29, 1.82) is 0 Å². The molecule has 2 aromatic rings. The van der Waals surface area contributed by atoms with E-state index >= 15 is 0 Å². The molecule has 1 aliphatic rings. The molecule has 3 nitrogen and oxygen atoms in total. The first-order valence-corrected chi connectivity index (χ1v) is 7.90. The van der Waals surface area contributed by atoms with Crippen molar-refractivity contribution in [2.75, 3.05) is 7.11 Å². The molecule has 1 aliphatic carbocycles. The fourth-order valence-corrected chi connectivity index (χ4v) is 4.49. The fourth-order valence-electron chi connectivity index (χ4n) is 2.09. The molecule has 0 radical (unpaired) electrons. The summed E-state index contributed by atoms with van der Waals surface area (Å²) < 4.78 is 7.38. The lowest BCUT2D eigenvalue weighted by atomic mass is 10.0. The lowest BCUT2D eigenvalue weighted by Gasteiger charge is -2.22. The Morgan fingerprint density at radius 2 is 2.21 bits per heavy atom. The minimum atomic E-state index is -0.267. The molecule has 0 amide bonds. The highest BCUT2D eigenvalue weighted by Gasteiger charge is 2.22. The zero-order valence-electron chi connectivity index (χ0n) is 10.6. The average Bonchev–Trinajstić information content (AvgIpc) is 2.82. The fraction of sp³-hybridized carbons (Fsp3) is 0.357. The Morgan fingerprint density at radius 3 is 3.00 bits per heavy atom. The molecule has 1 aromatic carbocycles. The van der Waals surface area contributed by atoms with Gasteiger partial charge in [-0.15, -0.1) is 11.3 Å². The number of benzene rings is 1. The molecule has 1 aromatic heterocycles. The van der Waals surface area contributed by atoms with Gasteiger partial charge in [0.25, 0.3) is 0 Å². The van der Waals surface area contributed by atoms with Gasteiger partial charge in [0, 0.05) is 11.3 Å². The van der Waals surface area contributed by atoms with E-state index in [1.54, 1.807) is 30.2 Å². The predicted molar refractivity (Wildman–Crippen MR) is 80.2 cm³/mol. The topological polar surface area (TPSA) is 42.4 Å². The van der Waals surface area contributed by atoms with Gasteiger partial charge in [-0.2, -0.15) is 0 Å². The van der Waals surface area contributed by atoms with Crippen molar-refractivity contribution in [3.8, 4) is 5.75 Å². The Bertz CT molecular complexity index is 609. The second kappa shape index (κ2) is 5.53. The molecule has 0 bridgehead atoms. The largest absolute Gasteiger partial charge is 0.497 e. The standard InChI is InChI=1S/C14H15NO2S2/c1-17-9-6-7-12-10(8-9)15-14(18-12)19-13-5-3-2-4-11(13)16/h2-3,6-8,11,13,16H,4-5H2,1H3/t11-,13-/m1/s1. The molecule has 5 heteroatoms. The van der Waals surface area contributed by atoms with E-state index in [9.17, 15) is 5.11 Å². The molecule has 0 unspecified atom stereocenters. The Morgan fingerprint density at radius 1 is 1.37 bits per heavy atom. The molecule has 0 saturated carbocycles. The second-order valence-corrected chi connectivity index (χ2v) is 7.00. The molecule has 0 fully saturated rings. The van der Waals surface area contributed by atoms with Crippen LogP contribution in [0, 0.1) is 0 Å². The number of nitrogens with zero attached hydrogens (tertiary/aromatic N) is 1. The molecule has 100 valence electrons. The Hall–Kier alpha value is -1.04. The number of rotatable bonds is 3. The summed E-state index contributed by atoms with van der Waals surface area (Å²) in [6.07, 6.45) is 5.57. The van der Waals surface area contributed by atoms with E-state index in [2.05, 4.69) is 11.1 Å². The molecule has 0 saturated heterocycles. The molecule has 0 spiro atoms. The third-order valence-electron chi connectivity index (χ3n) is 3.17. The molecule has 1 heterocycles. The van der Waals surface area contributed by atoms with Gasteiger partial charge in [0.05, 0.1) is 23.4 Å². The van der Waals surface area contributed by atoms with Gasteiger partial charge in [0.1, 0.15) is 5.75 Å². The van der Waals surface area contributed by atoms with E-state index in [1.807, 2.05) is 24.3 Å².